The van der Waals surface area contributed by atoms with Crippen molar-refractivity contribution in [2.24, 2.45) is 0 Å². The highest BCUT2D eigenvalue weighted by Crippen LogP contribution is 2.11. The minimum Gasteiger partial charge on any atom is -0.337 e. The summed E-state index contributed by atoms with van der Waals surface area (Å²) in [5, 5.41) is 3.20. The fourth-order valence-corrected chi connectivity index (χ4v) is 2.39. The molecule has 0 aromatic rings. The molecule has 1 amide bonds. The van der Waals surface area contributed by atoms with Gasteiger partial charge in [-0.3, -0.25) is 4.79 Å². The molecular formula is C13H27N3O. The molecule has 0 aliphatic carbocycles. The molecule has 17 heavy (non-hydrogen) atoms. The van der Waals surface area contributed by atoms with E-state index >= 15 is 0 Å². The minimum atomic E-state index is 0.264. The molecule has 4 nitrogen and oxygen atoms in total. The third kappa shape index (κ3) is 4.64. The average molecular weight is 241 g/mol. The summed E-state index contributed by atoms with van der Waals surface area (Å²) in [6.07, 6.45) is 3.21. The number of amides is 1. The van der Waals surface area contributed by atoms with Crippen LogP contribution in [0, 0.1) is 0 Å². The van der Waals surface area contributed by atoms with Crippen LogP contribution in [0.5, 0.6) is 0 Å². The molecule has 0 saturated carbocycles. The van der Waals surface area contributed by atoms with Gasteiger partial charge in [-0.15, -0.1) is 0 Å². The zero-order chi connectivity index (χ0) is 12.7. The van der Waals surface area contributed by atoms with Gasteiger partial charge in [0.15, 0.2) is 0 Å². The Morgan fingerprint density at radius 3 is 2.76 bits per heavy atom. The summed E-state index contributed by atoms with van der Waals surface area (Å²) in [4.78, 5) is 16.6. The van der Waals surface area contributed by atoms with Gasteiger partial charge in [0.2, 0.25) is 5.91 Å². The highest BCUT2D eigenvalue weighted by Gasteiger charge is 2.25. The first kappa shape index (κ1) is 14.5. The second-order valence-electron chi connectivity index (χ2n) is 4.94. The molecule has 0 bridgehead atoms. The topological polar surface area (TPSA) is 35.6 Å². The van der Waals surface area contributed by atoms with Crippen molar-refractivity contribution in [1.82, 2.24) is 15.1 Å². The van der Waals surface area contributed by atoms with Crippen molar-refractivity contribution in [2.45, 2.75) is 39.2 Å². The molecule has 0 spiro atoms. The zero-order valence-electron chi connectivity index (χ0n) is 11.5. The Hall–Kier alpha value is -0.610. The summed E-state index contributed by atoms with van der Waals surface area (Å²) < 4.78 is 0. The maximum Gasteiger partial charge on any atom is 0.236 e. The van der Waals surface area contributed by atoms with Gasteiger partial charge < -0.3 is 15.1 Å². The first-order valence-corrected chi connectivity index (χ1v) is 6.87. The lowest BCUT2D eigenvalue weighted by molar-refractivity contribution is -0.132. The van der Waals surface area contributed by atoms with Crippen LogP contribution in [0.25, 0.3) is 0 Å². The molecule has 1 unspecified atom stereocenters. The summed E-state index contributed by atoms with van der Waals surface area (Å²) in [6, 6.07) is 0.387. The van der Waals surface area contributed by atoms with Gasteiger partial charge in [-0.1, -0.05) is 13.8 Å². The first-order chi connectivity index (χ1) is 8.19. The van der Waals surface area contributed by atoms with Crippen LogP contribution in [-0.2, 0) is 4.79 Å². The summed E-state index contributed by atoms with van der Waals surface area (Å²) >= 11 is 0. The Morgan fingerprint density at radius 1 is 1.35 bits per heavy atom. The van der Waals surface area contributed by atoms with Gasteiger partial charge in [0.1, 0.15) is 0 Å². The number of nitrogens with one attached hydrogen (secondary N) is 1. The molecule has 1 atom stereocenters. The lowest BCUT2D eigenvalue weighted by Gasteiger charge is -2.30. The average Bonchev–Trinajstić information content (AvgIpc) is 2.50. The molecule has 1 heterocycles. The van der Waals surface area contributed by atoms with Gasteiger partial charge in [0.05, 0.1) is 6.54 Å². The van der Waals surface area contributed by atoms with E-state index in [9.17, 15) is 4.79 Å². The smallest absolute Gasteiger partial charge is 0.236 e. The Labute approximate surface area is 105 Å². The Kier molecular flexibility index (Phi) is 6.52. The Morgan fingerprint density at radius 2 is 2.12 bits per heavy atom. The van der Waals surface area contributed by atoms with Crippen molar-refractivity contribution in [3.05, 3.63) is 0 Å². The monoisotopic (exact) mass is 241 g/mol. The highest BCUT2D eigenvalue weighted by atomic mass is 16.2. The molecule has 0 aromatic carbocycles. The van der Waals surface area contributed by atoms with E-state index in [0.717, 1.165) is 45.4 Å². The molecule has 1 aliphatic rings. The Balaban J connectivity index is 2.49. The van der Waals surface area contributed by atoms with Crippen molar-refractivity contribution in [1.29, 1.82) is 0 Å². The van der Waals surface area contributed by atoms with Gasteiger partial charge >= 0.3 is 0 Å². The van der Waals surface area contributed by atoms with E-state index in [-0.39, 0.29) is 5.91 Å². The third-order valence-electron chi connectivity index (χ3n) is 3.40. The molecule has 1 N–H and O–H groups in total. The number of carbonyl (C=O) groups is 1. The molecule has 4 heteroatoms. The van der Waals surface area contributed by atoms with Gasteiger partial charge in [-0.05, 0) is 39.4 Å². The molecule has 1 fully saturated rings. The molecule has 1 rings (SSSR count). The second-order valence-corrected chi connectivity index (χ2v) is 4.94. The van der Waals surface area contributed by atoms with Crippen molar-refractivity contribution in [3.8, 4) is 0 Å². The normalized spacial score (nSPS) is 22.5. The first-order valence-electron chi connectivity index (χ1n) is 6.87. The fraction of sp³-hybridized carbons (Fsp3) is 0.923. The minimum absolute atomic E-state index is 0.264. The van der Waals surface area contributed by atoms with Gasteiger partial charge in [-0.25, -0.2) is 0 Å². The summed E-state index contributed by atoms with van der Waals surface area (Å²) in [6.45, 7) is 8.73. The maximum absolute atomic E-state index is 12.1. The molecule has 0 aromatic heterocycles. The van der Waals surface area contributed by atoms with Crippen LogP contribution in [0.1, 0.15) is 33.1 Å². The largest absolute Gasteiger partial charge is 0.337 e. The highest BCUT2D eigenvalue weighted by molar-refractivity contribution is 5.78. The molecule has 1 saturated heterocycles. The molecule has 1 aliphatic heterocycles. The van der Waals surface area contributed by atoms with Crippen molar-refractivity contribution in [2.75, 3.05) is 39.8 Å². The lowest BCUT2D eigenvalue weighted by Crippen LogP contribution is -2.46. The van der Waals surface area contributed by atoms with Crippen molar-refractivity contribution >= 4 is 5.91 Å². The number of hydrogen-bond acceptors (Lipinski definition) is 3. The van der Waals surface area contributed by atoms with Crippen molar-refractivity contribution < 1.29 is 4.79 Å². The Bertz CT molecular complexity index is 233. The molecule has 100 valence electrons. The summed E-state index contributed by atoms with van der Waals surface area (Å²) in [7, 11) is 2.14. The van der Waals surface area contributed by atoms with E-state index in [1.54, 1.807) is 0 Å². The van der Waals surface area contributed by atoms with E-state index in [1.165, 1.54) is 0 Å². The second kappa shape index (κ2) is 7.67. The number of nitrogens with zero attached hydrogens (tertiary/aromatic N) is 2. The van der Waals surface area contributed by atoms with E-state index < -0.39 is 0 Å². The number of likely N-dealkylation sites (N-methyl/N-ethyl adjacent to an activating group) is 1. The number of rotatable bonds is 5. The molecule has 0 radical (unpaired) electrons. The standard InChI is InChI=1S/C13H27N3O/c1-4-7-14-10-13(17)16-9-6-8-15(3)11-12(16)5-2/h12,14H,4-11H2,1-3H3. The predicted octanol–water partition coefficient (Wildman–Crippen LogP) is 0.929. The van der Waals surface area contributed by atoms with E-state index in [2.05, 4.69) is 36.0 Å². The maximum atomic E-state index is 12.1. The van der Waals surface area contributed by atoms with Gasteiger partial charge in [-0.2, -0.15) is 0 Å². The SMILES string of the molecule is CCCNCC(=O)N1CCCN(C)CC1CC. The van der Waals surface area contributed by atoms with E-state index in [1.807, 2.05) is 0 Å². The zero-order valence-corrected chi connectivity index (χ0v) is 11.5. The van der Waals surface area contributed by atoms with Crippen LogP contribution in [-0.4, -0.2) is 61.5 Å². The summed E-state index contributed by atoms with van der Waals surface area (Å²) in [5.74, 6) is 0.264. The van der Waals surface area contributed by atoms with E-state index in [4.69, 9.17) is 0 Å². The van der Waals surface area contributed by atoms with Crippen LogP contribution in [0.4, 0.5) is 0 Å². The predicted molar refractivity (Wildman–Crippen MR) is 71.1 cm³/mol. The van der Waals surface area contributed by atoms with Crippen LogP contribution >= 0.6 is 0 Å². The van der Waals surface area contributed by atoms with E-state index in [0.29, 0.717) is 12.6 Å². The fourth-order valence-electron chi connectivity index (χ4n) is 2.39. The lowest BCUT2D eigenvalue weighted by atomic mass is 10.2. The van der Waals surface area contributed by atoms with Gasteiger partial charge in [0, 0.05) is 19.1 Å². The molecular weight excluding hydrogens is 214 g/mol. The number of hydrogen-bond donors (Lipinski definition) is 1. The quantitative estimate of drug-likeness (QED) is 0.727. The van der Waals surface area contributed by atoms with Crippen LogP contribution in [0.3, 0.4) is 0 Å². The summed E-state index contributed by atoms with van der Waals surface area (Å²) in [5.41, 5.74) is 0. The third-order valence-corrected chi connectivity index (χ3v) is 3.40. The van der Waals surface area contributed by atoms with Crippen LogP contribution < -0.4 is 5.32 Å². The van der Waals surface area contributed by atoms with Crippen molar-refractivity contribution in [3.63, 3.8) is 0 Å². The van der Waals surface area contributed by atoms with Gasteiger partial charge in [0.25, 0.3) is 0 Å². The van der Waals surface area contributed by atoms with Crippen LogP contribution in [0.2, 0.25) is 0 Å². The number of carbonyl (C=O) groups excluding carboxylic acids is 1. The van der Waals surface area contributed by atoms with Crippen LogP contribution in [0.15, 0.2) is 0 Å².